The highest BCUT2D eigenvalue weighted by Crippen LogP contribution is 2.36. The molecule has 2 aromatic carbocycles. The minimum atomic E-state index is -0.121. The zero-order valence-electron chi connectivity index (χ0n) is 15.9. The average Bonchev–Trinajstić information content (AvgIpc) is 2.66. The summed E-state index contributed by atoms with van der Waals surface area (Å²) in [7, 11) is 3.25. The highest BCUT2D eigenvalue weighted by molar-refractivity contribution is 5.74. The van der Waals surface area contributed by atoms with E-state index in [4.69, 9.17) is 14.2 Å². The van der Waals surface area contributed by atoms with Gasteiger partial charge in [0.2, 0.25) is 0 Å². The van der Waals surface area contributed by atoms with E-state index in [9.17, 15) is 4.79 Å². The molecule has 0 radical (unpaired) electrons. The van der Waals surface area contributed by atoms with E-state index in [0.29, 0.717) is 24.5 Å². The molecule has 0 spiro atoms. The molecule has 1 heterocycles. The van der Waals surface area contributed by atoms with Crippen LogP contribution in [0.25, 0.3) is 0 Å². The van der Waals surface area contributed by atoms with Crippen LogP contribution in [0.15, 0.2) is 36.4 Å². The van der Waals surface area contributed by atoms with Gasteiger partial charge in [0.05, 0.1) is 26.7 Å². The Bertz CT molecular complexity index is 797. The van der Waals surface area contributed by atoms with Crippen molar-refractivity contribution < 1.29 is 19.0 Å². The molecule has 1 fully saturated rings. The number of cyclic esters (lactones) is 1. The number of benzene rings is 2. The van der Waals surface area contributed by atoms with Gasteiger partial charge in [-0.05, 0) is 61.1 Å². The Morgan fingerprint density at radius 3 is 2.46 bits per heavy atom. The fourth-order valence-corrected chi connectivity index (χ4v) is 3.53. The fraction of sp³-hybridized carbons (Fsp3) is 0.409. The molecule has 2 aromatic rings. The third-order valence-electron chi connectivity index (χ3n) is 5.26. The van der Waals surface area contributed by atoms with Crippen molar-refractivity contribution in [2.24, 2.45) is 5.92 Å². The van der Waals surface area contributed by atoms with Gasteiger partial charge in [-0.3, -0.25) is 4.79 Å². The predicted molar refractivity (Wildman–Crippen MR) is 101 cm³/mol. The second-order valence-corrected chi connectivity index (χ2v) is 7.00. The van der Waals surface area contributed by atoms with Crippen LogP contribution < -0.4 is 9.47 Å². The highest BCUT2D eigenvalue weighted by atomic mass is 16.5. The first-order valence-corrected chi connectivity index (χ1v) is 8.96. The quantitative estimate of drug-likeness (QED) is 0.755. The van der Waals surface area contributed by atoms with Crippen LogP contribution in [0.2, 0.25) is 0 Å². The molecule has 1 unspecified atom stereocenters. The molecule has 1 aliphatic rings. The Hall–Kier alpha value is -2.49. The van der Waals surface area contributed by atoms with Gasteiger partial charge in [-0.1, -0.05) is 24.3 Å². The summed E-state index contributed by atoms with van der Waals surface area (Å²) in [6.45, 7) is 4.61. The molecule has 0 saturated carbocycles. The van der Waals surface area contributed by atoms with Crippen LogP contribution in [-0.4, -0.2) is 26.8 Å². The Morgan fingerprint density at radius 1 is 1.00 bits per heavy atom. The molecule has 0 N–H and O–H groups in total. The normalized spacial score (nSPS) is 19.8. The van der Waals surface area contributed by atoms with E-state index in [2.05, 4.69) is 32.0 Å². The van der Waals surface area contributed by atoms with Crippen molar-refractivity contribution in [3.63, 3.8) is 0 Å². The molecule has 0 bridgehead atoms. The summed E-state index contributed by atoms with van der Waals surface area (Å²) in [5.41, 5.74) is 4.81. The number of hydrogen-bond donors (Lipinski definition) is 0. The van der Waals surface area contributed by atoms with Crippen molar-refractivity contribution in [3.05, 3.63) is 58.7 Å². The first-order chi connectivity index (χ1) is 12.5. The molecular weight excluding hydrogens is 328 g/mol. The van der Waals surface area contributed by atoms with Gasteiger partial charge in [0.1, 0.15) is 0 Å². The monoisotopic (exact) mass is 354 g/mol. The number of hydrogen-bond acceptors (Lipinski definition) is 4. The molecule has 138 valence electrons. The zero-order chi connectivity index (χ0) is 18.7. The molecule has 4 nitrogen and oxygen atoms in total. The molecule has 0 aromatic heterocycles. The van der Waals surface area contributed by atoms with E-state index in [-0.39, 0.29) is 17.8 Å². The van der Waals surface area contributed by atoms with E-state index < -0.39 is 0 Å². The maximum atomic E-state index is 12.3. The topological polar surface area (TPSA) is 44.8 Å². The number of ether oxygens (including phenoxy) is 3. The van der Waals surface area contributed by atoms with Crippen LogP contribution >= 0.6 is 0 Å². The average molecular weight is 354 g/mol. The lowest BCUT2D eigenvalue weighted by molar-refractivity contribution is -0.154. The fourth-order valence-electron chi connectivity index (χ4n) is 3.53. The third kappa shape index (κ3) is 3.85. The molecule has 1 saturated heterocycles. The van der Waals surface area contributed by atoms with Crippen LogP contribution in [0.4, 0.5) is 0 Å². The van der Waals surface area contributed by atoms with Gasteiger partial charge < -0.3 is 14.2 Å². The van der Waals surface area contributed by atoms with E-state index in [1.54, 1.807) is 14.2 Å². The molecule has 4 heteroatoms. The predicted octanol–water partition coefficient (Wildman–Crippen LogP) is 4.21. The van der Waals surface area contributed by atoms with Crippen molar-refractivity contribution in [2.45, 2.75) is 32.6 Å². The second-order valence-electron chi connectivity index (χ2n) is 7.00. The number of methoxy groups -OCH3 is 2. The molecule has 3 rings (SSSR count). The Kier molecular flexibility index (Phi) is 5.50. The lowest BCUT2D eigenvalue weighted by atomic mass is 9.83. The minimum absolute atomic E-state index is 0.0973. The summed E-state index contributed by atoms with van der Waals surface area (Å²) in [4.78, 5) is 12.3. The summed E-state index contributed by atoms with van der Waals surface area (Å²) in [6.07, 6.45) is 1.49. The first-order valence-electron chi connectivity index (χ1n) is 8.96. The summed E-state index contributed by atoms with van der Waals surface area (Å²) in [5.74, 6) is 1.36. The number of rotatable bonds is 5. The largest absolute Gasteiger partial charge is 0.493 e. The molecule has 0 amide bonds. The van der Waals surface area contributed by atoms with E-state index in [1.807, 2.05) is 18.2 Å². The molecule has 26 heavy (non-hydrogen) atoms. The van der Waals surface area contributed by atoms with Crippen LogP contribution in [0, 0.1) is 19.8 Å². The Balaban J connectivity index is 1.77. The summed E-state index contributed by atoms with van der Waals surface area (Å²) in [6, 6.07) is 12.3. The summed E-state index contributed by atoms with van der Waals surface area (Å²) in [5, 5.41) is 0. The number of carbonyl (C=O) groups is 1. The van der Waals surface area contributed by atoms with Gasteiger partial charge in [-0.2, -0.15) is 0 Å². The number of carbonyl (C=O) groups excluding carboxylic acids is 1. The lowest BCUT2D eigenvalue weighted by Gasteiger charge is -2.29. The van der Waals surface area contributed by atoms with Crippen molar-refractivity contribution in [2.75, 3.05) is 20.8 Å². The van der Waals surface area contributed by atoms with Gasteiger partial charge in [-0.15, -0.1) is 0 Å². The van der Waals surface area contributed by atoms with Gasteiger partial charge >= 0.3 is 5.97 Å². The SMILES string of the molecule is COc1ccc([C@H]2COC(=O)C(Cc3ccc(C)c(C)c3)C2)cc1OC. The number of esters is 1. The Morgan fingerprint density at radius 2 is 1.77 bits per heavy atom. The van der Waals surface area contributed by atoms with Gasteiger partial charge in [0.25, 0.3) is 0 Å². The standard InChI is InChI=1S/C22H26O4/c1-14-5-6-16(9-15(14)2)10-18-11-19(13-26-22(18)23)17-7-8-20(24-3)21(12-17)25-4/h5-9,12,18-19H,10-11,13H2,1-4H3/t18?,19-/m1/s1. The van der Waals surface area contributed by atoms with Gasteiger partial charge in [0, 0.05) is 5.92 Å². The van der Waals surface area contributed by atoms with Crippen LogP contribution in [0.5, 0.6) is 11.5 Å². The van der Waals surface area contributed by atoms with Gasteiger partial charge in [0.15, 0.2) is 11.5 Å². The van der Waals surface area contributed by atoms with Crippen LogP contribution in [0.3, 0.4) is 0 Å². The second kappa shape index (κ2) is 7.81. The third-order valence-corrected chi connectivity index (χ3v) is 5.26. The summed E-state index contributed by atoms with van der Waals surface area (Å²) < 4.78 is 16.2. The molecule has 2 atom stereocenters. The van der Waals surface area contributed by atoms with Gasteiger partial charge in [-0.25, -0.2) is 0 Å². The Labute approximate surface area is 155 Å². The zero-order valence-corrected chi connectivity index (χ0v) is 15.9. The highest BCUT2D eigenvalue weighted by Gasteiger charge is 2.31. The van der Waals surface area contributed by atoms with Crippen molar-refractivity contribution in [1.82, 2.24) is 0 Å². The van der Waals surface area contributed by atoms with E-state index in [0.717, 1.165) is 12.0 Å². The molecular formula is C22H26O4. The maximum Gasteiger partial charge on any atom is 0.309 e. The first kappa shape index (κ1) is 18.3. The van der Waals surface area contributed by atoms with Crippen LogP contribution in [0.1, 0.15) is 34.6 Å². The smallest absolute Gasteiger partial charge is 0.309 e. The van der Waals surface area contributed by atoms with Crippen molar-refractivity contribution in [1.29, 1.82) is 0 Å². The van der Waals surface area contributed by atoms with Crippen LogP contribution in [-0.2, 0) is 16.0 Å². The summed E-state index contributed by atoms with van der Waals surface area (Å²) >= 11 is 0. The van der Waals surface area contributed by atoms with Crippen molar-refractivity contribution >= 4 is 5.97 Å². The molecule has 0 aliphatic carbocycles. The maximum absolute atomic E-state index is 12.3. The van der Waals surface area contributed by atoms with E-state index >= 15 is 0 Å². The lowest BCUT2D eigenvalue weighted by Crippen LogP contribution is -2.30. The minimum Gasteiger partial charge on any atom is -0.493 e. The molecule has 1 aliphatic heterocycles. The number of aryl methyl sites for hydroxylation is 2. The van der Waals surface area contributed by atoms with E-state index in [1.165, 1.54) is 16.7 Å². The van der Waals surface area contributed by atoms with Crippen molar-refractivity contribution in [3.8, 4) is 11.5 Å².